The van der Waals surface area contributed by atoms with Gasteiger partial charge in [0.25, 0.3) is 0 Å². The lowest BCUT2D eigenvalue weighted by atomic mass is 10.0. The standard InChI is InChI=1S/C20H24N2O3/c1-13-5-10-19(25-4)18(11-13)14(2)21-20(24)12-16-6-8-17(9-7-16)22-15(3)23/h5-11,14H,12H2,1-4H3,(H,21,24)(H,22,23)/t14-/m0/s1. The molecular formula is C20H24N2O3. The number of anilines is 1. The van der Waals surface area contributed by atoms with E-state index in [2.05, 4.69) is 10.6 Å². The number of carbonyl (C=O) groups excluding carboxylic acids is 2. The first-order chi connectivity index (χ1) is 11.9. The van der Waals surface area contributed by atoms with Crippen LogP contribution in [0.4, 0.5) is 5.69 Å². The normalized spacial score (nSPS) is 11.5. The number of benzene rings is 2. The van der Waals surface area contributed by atoms with Crippen LogP contribution in [-0.2, 0) is 16.0 Å². The molecule has 0 spiro atoms. The highest BCUT2D eigenvalue weighted by atomic mass is 16.5. The summed E-state index contributed by atoms with van der Waals surface area (Å²) in [6, 6.07) is 13.0. The molecule has 0 aliphatic heterocycles. The maximum absolute atomic E-state index is 12.3. The van der Waals surface area contributed by atoms with E-state index in [1.165, 1.54) is 6.92 Å². The zero-order valence-electron chi connectivity index (χ0n) is 15.1. The Labute approximate surface area is 148 Å². The SMILES string of the molecule is COc1ccc(C)cc1[C@H](C)NC(=O)Cc1ccc(NC(C)=O)cc1. The fourth-order valence-corrected chi connectivity index (χ4v) is 2.66. The molecule has 0 heterocycles. The minimum Gasteiger partial charge on any atom is -0.496 e. The highest BCUT2D eigenvalue weighted by molar-refractivity contribution is 5.88. The van der Waals surface area contributed by atoms with Crippen molar-refractivity contribution in [2.45, 2.75) is 33.2 Å². The first kappa shape index (κ1) is 18.5. The molecule has 0 saturated heterocycles. The van der Waals surface area contributed by atoms with E-state index in [1.807, 2.05) is 44.2 Å². The summed E-state index contributed by atoms with van der Waals surface area (Å²) in [5, 5.41) is 5.71. The molecule has 25 heavy (non-hydrogen) atoms. The number of hydrogen-bond donors (Lipinski definition) is 2. The van der Waals surface area contributed by atoms with Gasteiger partial charge in [0.2, 0.25) is 11.8 Å². The highest BCUT2D eigenvalue weighted by Crippen LogP contribution is 2.26. The van der Waals surface area contributed by atoms with Crippen LogP contribution >= 0.6 is 0 Å². The van der Waals surface area contributed by atoms with Gasteiger partial charge in [0.15, 0.2) is 0 Å². The second kappa shape index (κ2) is 8.33. The van der Waals surface area contributed by atoms with Gasteiger partial charge in [-0.2, -0.15) is 0 Å². The summed E-state index contributed by atoms with van der Waals surface area (Å²) < 4.78 is 5.38. The maximum atomic E-state index is 12.3. The van der Waals surface area contributed by atoms with Crippen LogP contribution < -0.4 is 15.4 Å². The summed E-state index contributed by atoms with van der Waals surface area (Å²) in [5.74, 6) is 0.577. The van der Waals surface area contributed by atoms with Crippen molar-refractivity contribution in [2.75, 3.05) is 12.4 Å². The number of rotatable bonds is 6. The summed E-state index contributed by atoms with van der Waals surface area (Å²) in [6.45, 7) is 5.41. The Bertz CT molecular complexity index is 754. The van der Waals surface area contributed by atoms with Gasteiger partial charge in [0, 0.05) is 18.2 Å². The molecule has 2 amide bonds. The van der Waals surface area contributed by atoms with E-state index in [0.29, 0.717) is 0 Å². The van der Waals surface area contributed by atoms with Crippen molar-refractivity contribution < 1.29 is 14.3 Å². The maximum Gasteiger partial charge on any atom is 0.224 e. The predicted molar refractivity (Wildman–Crippen MR) is 98.7 cm³/mol. The van der Waals surface area contributed by atoms with Crippen LogP contribution in [0.25, 0.3) is 0 Å². The van der Waals surface area contributed by atoms with Gasteiger partial charge in [-0.05, 0) is 37.6 Å². The van der Waals surface area contributed by atoms with E-state index in [4.69, 9.17) is 4.74 Å². The Kier molecular flexibility index (Phi) is 6.17. The number of aryl methyl sites for hydroxylation is 1. The molecule has 0 aromatic heterocycles. The second-order valence-electron chi connectivity index (χ2n) is 6.09. The largest absolute Gasteiger partial charge is 0.496 e. The van der Waals surface area contributed by atoms with Gasteiger partial charge in [0.05, 0.1) is 19.6 Å². The Morgan fingerprint density at radius 3 is 2.40 bits per heavy atom. The quantitative estimate of drug-likeness (QED) is 0.847. The van der Waals surface area contributed by atoms with Crippen molar-refractivity contribution in [3.8, 4) is 5.75 Å². The van der Waals surface area contributed by atoms with Crippen LogP contribution in [0.2, 0.25) is 0 Å². The first-order valence-electron chi connectivity index (χ1n) is 8.19. The number of carbonyl (C=O) groups is 2. The van der Waals surface area contributed by atoms with E-state index >= 15 is 0 Å². The molecule has 0 bridgehead atoms. The van der Waals surface area contributed by atoms with Crippen LogP contribution in [0.5, 0.6) is 5.75 Å². The Morgan fingerprint density at radius 2 is 1.80 bits per heavy atom. The lowest BCUT2D eigenvalue weighted by molar-refractivity contribution is -0.121. The third kappa shape index (κ3) is 5.35. The molecule has 2 rings (SSSR count). The third-order valence-electron chi connectivity index (χ3n) is 3.87. The monoisotopic (exact) mass is 340 g/mol. The predicted octanol–water partition coefficient (Wildman–Crippen LogP) is 3.38. The Balaban J connectivity index is 2.00. The molecule has 0 aliphatic carbocycles. The van der Waals surface area contributed by atoms with E-state index in [0.717, 1.165) is 28.1 Å². The van der Waals surface area contributed by atoms with Gasteiger partial charge in [-0.25, -0.2) is 0 Å². The topological polar surface area (TPSA) is 67.4 Å². The molecule has 0 aliphatic rings. The lowest BCUT2D eigenvalue weighted by Crippen LogP contribution is -2.28. The molecule has 132 valence electrons. The molecule has 5 nitrogen and oxygen atoms in total. The minimum atomic E-state index is -0.152. The lowest BCUT2D eigenvalue weighted by Gasteiger charge is -2.18. The molecule has 0 unspecified atom stereocenters. The van der Waals surface area contributed by atoms with Crippen molar-refractivity contribution >= 4 is 17.5 Å². The van der Waals surface area contributed by atoms with Crippen molar-refractivity contribution in [1.29, 1.82) is 0 Å². The molecule has 5 heteroatoms. The first-order valence-corrected chi connectivity index (χ1v) is 8.19. The summed E-state index contributed by atoms with van der Waals surface area (Å²) in [5.41, 5.74) is 3.67. The fraction of sp³-hybridized carbons (Fsp3) is 0.300. The number of methoxy groups -OCH3 is 1. The van der Waals surface area contributed by atoms with Crippen LogP contribution in [0, 0.1) is 6.92 Å². The minimum absolute atomic E-state index is 0.0664. The van der Waals surface area contributed by atoms with Gasteiger partial charge in [0.1, 0.15) is 5.75 Å². The molecular weight excluding hydrogens is 316 g/mol. The second-order valence-corrected chi connectivity index (χ2v) is 6.09. The average Bonchev–Trinajstić information content (AvgIpc) is 2.56. The molecule has 2 aromatic carbocycles. The molecule has 2 N–H and O–H groups in total. The molecule has 0 radical (unpaired) electrons. The number of nitrogens with one attached hydrogen (secondary N) is 2. The summed E-state index contributed by atoms with van der Waals surface area (Å²) in [6.07, 6.45) is 0.277. The molecule has 2 aromatic rings. The zero-order chi connectivity index (χ0) is 18.4. The van der Waals surface area contributed by atoms with Gasteiger partial charge in [-0.15, -0.1) is 0 Å². The van der Waals surface area contributed by atoms with Gasteiger partial charge in [-0.3, -0.25) is 9.59 Å². The Morgan fingerprint density at radius 1 is 1.12 bits per heavy atom. The summed E-state index contributed by atoms with van der Waals surface area (Å²) >= 11 is 0. The Hall–Kier alpha value is -2.82. The van der Waals surface area contributed by atoms with Gasteiger partial charge < -0.3 is 15.4 Å². The van der Waals surface area contributed by atoms with Crippen molar-refractivity contribution in [3.63, 3.8) is 0 Å². The summed E-state index contributed by atoms with van der Waals surface area (Å²) in [4.78, 5) is 23.3. The van der Waals surface area contributed by atoms with E-state index in [-0.39, 0.29) is 24.3 Å². The molecule has 0 saturated carbocycles. The third-order valence-corrected chi connectivity index (χ3v) is 3.87. The van der Waals surface area contributed by atoms with Crippen LogP contribution in [0.1, 0.15) is 36.6 Å². The van der Waals surface area contributed by atoms with E-state index in [9.17, 15) is 9.59 Å². The molecule has 1 atom stereocenters. The molecule has 0 fully saturated rings. The number of ether oxygens (including phenoxy) is 1. The van der Waals surface area contributed by atoms with Crippen LogP contribution in [-0.4, -0.2) is 18.9 Å². The van der Waals surface area contributed by atoms with E-state index in [1.54, 1.807) is 19.2 Å². The van der Waals surface area contributed by atoms with Crippen LogP contribution in [0.3, 0.4) is 0 Å². The van der Waals surface area contributed by atoms with E-state index < -0.39 is 0 Å². The van der Waals surface area contributed by atoms with Crippen molar-refractivity contribution in [2.24, 2.45) is 0 Å². The van der Waals surface area contributed by atoms with Crippen LogP contribution in [0.15, 0.2) is 42.5 Å². The number of hydrogen-bond acceptors (Lipinski definition) is 3. The smallest absolute Gasteiger partial charge is 0.224 e. The summed E-state index contributed by atoms with van der Waals surface area (Å²) in [7, 11) is 1.62. The van der Waals surface area contributed by atoms with Crippen molar-refractivity contribution in [3.05, 3.63) is 59.2 Å². The van der Waals surface area contributed by atoms with Crippen molar-refractivity contribution in [1.82, 2.24) is 5.32 Å². The average molecular weight is 340 g/mol. The van der Waals surface area contributed by atoms with Gasteiger partial charge >= 0.3 is 0 Å². The highest BCUT2D eigenvalue weighted by Gasteiger charge is 2.14. The zero-order valence-corrected chi connectivity index (χ0v) is 15.1. The number of amides is 2. The fourth-order valence-electron chi connectivity index (χ4n) is 2.66. The van der Waals surface area contributed by atoms with Gasteiger partial charge in [-0.1, -0.05) is 29.8 Å².